The predicted octanol–water partition coefficient (Wildman–Crippen LogP) is 4.94. The van der Waals surface area contributed by atoms with E-state index in [-0.39, 0.29) is 5.91 Å². The summed E-state index contributed by atoms with van der Waals surface area (Å²) in [7, 11) is 0. The zero-order valence-corrected chi connectivity index (χ0v) is 18.7. The number of hydrogen-bond donors (Lipinski definition) is 1. The zero-order valence-electron chi connectivity index (χ0n) is 18.0. The summed E-state index contributed by atoms with van der Waals surface area (Å²) >= 11 is 5.97. The van der Waals surface area contributed by atoms with E-state index in [0.717, 1.165) is 23.4 Å². The Morgan fingerprint density at radius 3 is 2.66 bits per heavy atom. The van der Waals surface area contributed by atoms with Gasteiger partial charge in [-0.15, -0.1) is 0 Å². The van der Waals surface area contributed by atoms with Gasteiger partial charge in [0.05, 0.1) is 24.6 Å². The SMILES string of the molecule is CCn1ncc(Cn2cc(NC(=O)c3ccc(COc4cccc(Cl)c4)cc3)cn2)c1C. The molecule has 0 aliphatic carbocycles. The van der Waals surface area contributed by atoms with E-state index in [2.05, 4.69) is 22.4 Å². The lowest BCUT2D eigenvalue weighted by Gasteiger charge is -2.08. The molecule has 1 N–H and O–H groups in total. The molecule has 0 saturated heterocycles. The number of carbonyl (C=O) groups excluding carboxylic acids is 1. The van der Waals surface area contributed by atoms with Crippen molar-refractivity contribution in [2.24, 2.45) is 0 Å². The minimum absolute atomic E-state index is 0.193. The second-order valence-electron chi connectivity index (χ2n) is 7.39. The van der Waals surface area contributed by atoms with E-state index in [0.29, 0.717) is 35.2 Å². The van der Waals surface area contributed by atoms with Gasteiger partial charge in [-0.05, 0) is 49.7 Å². The van der Waals surface area contributed by atoms with Gasteiger partial charge in [0, 0.05) is 34.6 Å². The van der Waals surface area contributed by atoms with E-state index in [1.54, 1.807) is 35.1 Å². The van der Waals surface area contributed by atoms with Gasteiger partial charge in [-0.1, -0.05) is 29.8 Å². The molecule has 2 aromatic carbocycles. The van der Waals surface area contributed by atoms with Crippen LogP contribution in [-0.2, 0) is 19.7 Å². The number of rotatable bonds is 8. The van der Waals surface area contributed by atoms with Crippen LogP contribution in [0.2, 0.25) is 5.02 Å². The molecule has 0 spiro atoms. The van der Waals surface area contributed by atoms with E-state index in [9.17, 15) is 4.79 Å². The summed E-state index contributed by atoms with van der Waals surface area (Å²) in [4.78, 5) is 12.6. The Kier molecular flexibility index (Phi) is 6.56. The summed E-state index contributed by atoms with van der Waals surface area (Å²) in [6.07, 6.45) is 5.31. The third-order valence-corrected chi connectivity index (χ3v) is 5.38. The Labute approximate surface area is 191 Å². The Morgan fingerprint density at radius 2 is 1.94 bits per heavy atom. The summed E-state index contributed by atoms with van der Waals surface area (Å²) < 4.78 is 9.47. The molecule has 0 radical (unpaired) electrons. The van der Waals surface area contributed by atoms with Crippen LogP contribution in [0.25, 0.3) is 0 Å². The van der Waals surface area contributed by atoms with Crippen LogP contribution in [0.3, 0.4) is 0 Å². The van der Waals surface area contributed by atoms with Crippen molar-refractivity contribution in [3.8, 4) is 5.75 Å². The molecule has 32 heavy (non-hydrogen) atoms. The first-order chi connectivity index (χ1) is 15.5. The zero-order chi connectivity index (χ0) is 22.5. The fraction of sp³-hybridized carbons (Fsp3) is 0.208. The first-order valence-corrected chi connectivity index (χ1v) is 10.7. The number of benzene rings is 2. The van der Waals surface area contributed by atoms with Gasteiger partial charge in [-0.2, -0.15) is 10.2 Å². The van der Waals surface area contributed by atoms with E-state index >= 15 is 0 Å². The van der Waals surface area contributed by atoms with Crippen molar-refractivity contribution in [2.45, 2.75) is 33.5 Å². The standard InChI is InChI=1S/C24H24ClN5O2/c1-3-30-17(2)20(12-27-30)14-29-15-22(13-26-29)28-24(31)19-9-7-18(8-10-19)16-32-23-6-4-5-21(25)11-23/h4-13,15H,3,14,16H2,1-2H3,(H,28,31). The van der Waals surface area contributed by atoms with Gasteiger partial charge < -0.3 is 10.1 Å². The minimum Gasteiger partial charge on any atom is -0.489 e. The first-order valence-electron chi connectivity index (χ1n) is 10.3. The molecule has 0 aliphatic rings. The summed E-state index contributed by atoms with van der Waals surface area (Å²) in [5.74, 6) is 0.510. The summed E-state index contributed by atoms with van der Waals surface area (Å²) in [6.45, 7) is 5.93. The monoisotopic (exact) mass is 449 g/mol. The van der Waals surface area contributed by atoms with E-state index < -0.39 is 0 Å². The van der Waals surface area contributed by atoms with Gasteiger partial charge in [-0.3, -0.25) is 14.2 Å². The van der Waals surface area contributed by atoms with Gasteiger partial charge in [0.2, 0.25) is 0 Å². The second-order valence-corrected chi connectivity index (χ2v) is 7.83. The van der Waals surface area contributed by atoms with E-state index in [1.807, 2.05) is 48.3 Å². The van der Waals surface area contributed by atoms with Crippen LogP contribution < -0.4 is 10.1 Å². The van der Waals surface area contributed by atoms with Crippen LogP contribution in [0.1, 0.15) is 34.1 Å². The molecule has 0 aliphatic heterocycles. The fourth-order valence-electron chi connectivity index (χ4n) is 3.33. The highest BCUT2D eigenvalue weighted by Gasteiger charge is 2.10. The Balaban J connectivity index is 1.33. The first kappa shape index (κ1) is 21.6. The fourth-order valence-corrected chi connectivity index (χ4v) is 3.51. The van der Waals surface area contributed by atoms with Gasteiger partial charge in [0.15, 0.2) is 0 Å². The lowest BCUT2D eigenvalue weighted by atomic mass is 10.1. The van der Waals surface area contributed by atoms with E-state index in [4.69, 9.17) is 16.3 Å². The molecular weight excluding hydrogens is 426 g/mol. The normalized spacial score (nSPS) is 10.8. The van der Waals surface area contributed by atoms with Gasteiger partial charge in [0.25, 0.3) is 5.91 Å². The van der Waals surface area contributed by atoms with Crippen molar-refractivity contribution in [1.29, 1.82) is 0 Å². The Hall–Kier alpha value is -3.58. The minimum atomic E-state index is -0.193. The summed E-state index contributed by atoms with van der Waals surface area (Å²) in [5, 5.41) is 12.2. The number of hydrogen-bond acceptors (Lipinski definition) is 4. The van der Waals surface area contributed by atoms with Crippen molar-refractivity contribution in [3.63, 3.8) is 0 Å². The number of nitrogens with zero attached hydrogens (tertiary/aromatic N) is 4. The van der Waals surface area contributed by atoms with Gasteiger partial charge in [0.1, 0.15) is 12.4 Å². The number of nitrogens with one attached hydrogen (secondary N) is 1. The number of aryl methyl sites for hydroxylation is 1. The Bertz CT molecular complexity index is 1210. The van der Waals surface area contributed by atoms with Crippen molar-refractivity contribution < 1.29 is 9.53 Å². The largest absolute Gasteiger partial charge is 0.489 e. The number of aromatic nitrogens is 4. The van der Waals surface area contributed by atoms with Crippen LogP contribution in [0.4, 0.5) is 5.69 Å². The molecule has 8 heteroatoms. The molecular formula is C24H24ClN5O2. The van der Waals surface area contributed by atoms with Crippen LogP contribution in [0.5, 0.6) is 5.75 Å². The van der Waals surface area contributed by atoms with Crippen LogP contribution in [-0.4, -0.2) is 25.5 Å². The molecule has 0 bridgehead atoms. The van der Waals surface area contributed by atoms with Crippen LogP contribution in [0, 0.1) is 6.92 Å². The highest BCUT2D eigenvalue weighted by molar-refractivity contribution is 6.30. The van der Waals surface area contributed by atoms with Crippen LogP contribution in [0.15, 0.2) is 67.1 Å². The molecule has 7 nitrogen and oxygen atoms in total. The molecule has 1 amide bonds. The topological polar surface area (TPSA) is 74.0 Å². The Morgan fingerprint density at radius 1 is 1.12 bits per heavy atom. The quantitative estimate of drug-likeness (QED) is 0.413. The third kappa shape index (κ3) is 5.18. The number of ether oxygens (including phenoxy) is 1. The number of halogens is 1. The molecule has 0 fully saturated rings. The summed E-state index contributed by atoms with van der Waals surface area (Å²) in [5.41, 5.74) is 4.38. The maximum Gasteiger partial charge on any atom is 0.255 e. The molecule has 0 unspecified atom stereocenters. The van der Waals surface area contributed by atoms with Gasteiger partial charge in [-0.25, -0.2) is 0 Å². The molecule has 164 valence electrons. The maximum absolute atomic E-state index is 12.6. The van der Waals surface area contributed by atoms with Crippen molar-refractivity contribution in [3.05, 3.63) is 94.5 Å². The average Bonchev–Trinajstić information content (AvgIpc) is 3.39. The molecule has 4 rings (SSSR count). The maximum atomic E-state index is 12.6. The highest BCUT2D eigenvalue weighted by Crippen LogP contribution is 2.19. The molecule has 4 aromatic rings. The van der Waals surface area contributed by atoms with Crippen LogP contribution >= 0.6 is 11.6 Å². The predicted molar refractivity (Wildman–Crippen MR) is 124 cm³/mol. The molecule has 0 atom stereocenters. The van der Waals surface area contributed by atoms with Gasteiger partial charge >= 0.3 is 0 Å². The lowest BCUT2D eigenvalue weighted by molar-refractivity contribution is 0.102. The average molecular weight is 450 g/mol. The van der Waals surface area contributed by atoms with Crippen molar-refractivity contribution in [2.75, 3.05) is 5.32 Å². The van der Waals surface area contributed by atoms with Crippen molar-refractivity contribution >= 4 is 23.2 Å². The molecule has 0 saturated carbocycles. The number of anilines is 1. The third-order valence-electron chi connectivity index (χ3n) is 5.15. The molecule has 2 heterocycles. The number of carbonyl (C=O) groups is 1. The second kappa shape index (κ2) is 9.70. The summed E-state index contributed by atoms with van der Waals surface area (Å²) in [6, 6.07) is 14.6. The van der Waals surface area contributed by atoms with E-state index in [1.165, 1.54) is 0 Å². The smallest absolute Gasteiger partial charge is 0.255 e. The highest BCUT2D eigenvalue weighted by atomic mass is 35.5. The lowest BCUT2D eigenvalue weighted by Crippen LogP contribution is -2.11. The molecule has 2 aromatic heterocycles. The number of amides is 1. The van der Waals surface area contributed by atoms with Crippen molar-refractivity contribution in [1.82, 2.24) is 19.6 Å².